The Kier molecular flexibility index (Phi) is 49.9. The second kappa shape index (κ2) is 54.2. The highest BCUT2D eigenvalue weighted by Crippen LogP contribution is 2.26. The van der Waals surface area contributed by atoms with Gasteiger partial charge in [-0.05, 0) is 116 Å². The van der Waals surface area contributed by atoms with Crippen LogP contribution in [0.5, 0.6) is 0 Å². The van der Waals surface area contributed by atoms with E-state index in [-0.39, 0.29) is 25.9 Å². The summed E-state index contributed by atoms with van der Waals surface area (Å²) in [6, 6.07) is 0. The van der Waals surface area contributed by atoms with Gasteiger partial charge in [-0.1, -0.05) is 214 Å². The maximum Gasteiger partial charge on any atom is 0.335 e. The van der Waals surface area contributed by atoms with Crippen LogP contribution >= 0.6 is 0 Å². The molecule has 0 aromatic rings. The Morgan fingerprint density at radius 3 is 1.27 bits per heavy atom. The second-order valence-electron chi connectivity index (χ2n) is 20.9. The first-order chi connectivity index (χ1) is 38.6. The number of esters is 3. The summed E-state index contributed by atoms with van der Waals surface area (Å²) in [5, 5.41) is 31.5. The predicted octanol–water partition coefficient (Wildman–Crippen LogP) is 16.5. The molecule has 1 aliphatic heterocycles. The zero-order valence-corrected chi connectivity index (χ0v) is 49.6. The highest BCUT2D eigenvalue weighted by molar-refractivity contribution is 5.74. The van der Waals surface area contributed by atoms with Gasteiger partial charge in [-0.2, -0.15) is 0 Å². The first-order valence-electron chi connectivity index (χ1n) is 31.2. The van der Waals surface area contributed by atoms with Crippen LogP contribution in [0.3, 0.4) is 0 Å². The van der Waals surface area contributed by atoms with Crippen molar-refractivity contribution in [2.75, 3.05) is 13.2 Å². The maximum atomic E-state index is 13.1. The Morgan fingerprint density at radius 2 is 0.810 bits per heavy atom. The zero-order chi connectivity index (χ0) is 57.5. The average Bonchev–Trinajstić information content (AvgIpc) is 3.43. The first kappa shape index (κ1) is 72.7. The lowest BCUT2D eigenvalue weighted by Crippen LogP contribution is -2.61. The monoisotopic (exact) mass is 1110 g/mol. The molecule has 1 saturated heterocycles. The van der Waals surface area contributed by atoms with Crippen LogP contribution in [-0.4, -0.2) is 89.2 Å². The normalized spacial score (nSPS) is 18.5. The smallest absolute Gasteiger partial charge is 0.335 e. The number of rotatable bonds is 52. The van der Waals surface area contributed by atoms with Crippen molar-refractivity contribution in [3.63, 3.8) is 0 Å². The molecule has 6 unspecified atom stereocenters. The van der Waals surface area contributed by atoms with Gasteiger partial charge >= 0.3 is 23.9 Å². The largest absolute Gasteiger partial charge is 0.479 e. The van der Waals surface area contributed by atoms with Gasteiger partial charge in [0.1, 0.15) is 18.8 Å². The van der Waals surface area contributed by atoms with Gasteiger partial charge in [0.2, 0.25) is 0 Å². The van der Waals surface area contributed by atoms with Crippen LogP contribution in [0.1, 0.15) is 252 Å². The summed E-state index contributed by atoms with van der Waals surface area (Å²) < 4.78 is 28.4. The standard InChI is InChI=1S/C67H110O12/c1-4-7-10-13-16-19-22-24-26-28-30-32-34-36-39-41-44-47-50-53-59(68)75-56-58(77-60(69)54-51-48-45-42-38-21-18-15-12-9-6-3)57-76-67-65(63(72)62(71)64(79-67)66(73)74)78-61(70)55-52-49-46-43-40-37-35-33-31-29-27-25-23-20-17-14-11-8-5-2/h8,11,15-20,24-27,30-33,58,62-65,67,71-72H,4-7,9-10,12-14,21-23,28-29,34-57H2,1-3H3,(H,73,74)/b11-8-,18-15-,19-16-,20-17-,26-24-,27-25-,32-30-,33-31-. The van der Waals surface area contributed by atoms with Crippen molar-refractivity contribution in [3.05, 3.63) is 97.2 Å². The molecule has 6 atom stereocenters. The molecule has 0 amide bonds. The van der Waals surface area contributed by atoms with Crippen LogP contribution in [0.2, 0.25) is 0 Å². The number of aliphatic carboxylic acids is 1. The van der Waals surface area contributed by atoms with Crippen molar-refractivity contribution in [2.45, 2.75) is 289 Å². The van der Waals surface area contributed by atoms with Crippen LogP contribution < -0.4 is 0 Å². The molecule has 0 aromatic heterocycles. The minimum Gasteiger partial charge on any atom is -0.479 e. The molecule has 79 heavy (non-hydrogen) atoms. The number of carbonyl (C=O) groups excluding carboxylic acids is 3. The van der Waals surface area contributed by atoms with Crippen LogP contribution in [-0.2, 0) is 42.9 Å². The van der Waals surface area contributed by atoms with E-state index in [0.29, 0.717) is 19.3 Å². The number of hydrogen-bond acceptors (Lipinski definition) is 11. The summed E-state index contributed by atoms with van der Waals surface area (Å²) in [6.45, 7) is 5.79. The minimum absolute atomic E-state index is 0.0382. The average molecular weight is 1110 g/mol. The third-order valence-electron chi connectivity index (χ3n) is 13.6. The fraction of sp³-hybridized carbons (Fsp3) is 0.701. The molecule has 450 valence electrons. The van der Waals surface area contributed by atoms with Gasteiger partial charge in [0.05, 0.1) is 6.61 Å². The fourth-order valence-electron chi connectivity index (χ4n) is 8.82. The molecule has 1 rings (SSSR count). The van der Waals surface area contributed by atoms with Crippen LogP contribution in [0, 0.1) is 0 Å². The molecule has 0 saturated carbocycles. The lowest BCUT2D eigenvalue weighted by Gasteiger charge is -2.40. The summed E-state index contributed by atoms with van der Waals surface area (Å²) in [5.74, 6) is -3.17. The molecule has 0 radical (unpaired) electrons. The molecule has 1 fully saturated rings. The van der Waals surface area contributed by atoms with E-state index < -0.39 is 67.3 Å². The quantitative estimate of drug-likeness (QED) is 0.0228. The molecule has 0 aliphatic carbocycles. The van der Waals surface area contributed by atoms with E-state index in [9.17, 15) is 34.5 Å². The van der Waals surface area contributed by atoms with Gasteiger partial charge in [0.15, 0.2) is 24.6 Å². The molecule has 1 heterocycles. The molecule has 1 aliphatic rings. The molecule has 12 nitrogen and oxygen atoms in total. The molecule has 0 aromatic carbocycles. The summed E-state index contributed by atoms with van der Waals surface area (Å²) in [7, 11) is 0. The number of carboxylic acid groups (broad SMARTS) is 1. The second-order valence-corrected chi connectivity index (χ2v) is 20.9. The minimum atomic E-state index is -1.92. The van der Waals surface area contributed by atoms with Crippen molar-refractivity contribution in [1.29, 1.82) is 0 Å². The van der Waals surface area contributed by atoms with Gasteiger partial charge in [-0.15, -0.1) is 0 Å². The van der Waals surface area contributed by atoms with E-state index in [2.05, 4.69) is 118 Å². The topological polar surface area (TPSA) is 175 Å². The molecule has 0 bridgehead atoms. The Labute approximate surface area is 479 Å². The summed E-state index contributed by atoms with van der Waals surface area (Å²) in [5.41, 5.74) is 0. The van der Waals surface area contributed by atoms with Crippen molar-refractivity contribution in [1.82, 2.24) is 0 Å². The number of carboxylic acids is 1. The van der Waals surface area contributed by atoms with Crippen molar-refractivity contribution in [2.24, 2.45) is 0 Å². The van der Waals surface area contributed by atoms with Crippen LogP contribution in [0.15, 0.2) is 97.2 Å². The van der Waals surface area contributed by atoms with Gasteiger partial charge in [0, 0.05) is 19.3 Å². The SMILES string of the molecule is CC/C=C\C/C=C\C/C=C\C/C=C\CCCCCCCCC(=O)OC1C(OCC(COC(=O)CCCCCCCC/C=C\C/C=C\C/C=C\CCCCC)OC(=O)CCCCCCC/C=C\CCCC)OC(C(=O)O)C(O)C1O. The van der Waals surface area contributed by atoms with Crippen molar-refractivity contribution < 1.29 is 58.2 Å². The molecular weight excluding hydrogens is 997 g/mol. The Morgan fingerprint density at radius 1 is 0.430 bits per heavy atom. The summed E-state index contributed by atoms with van der Waals surface area (Å²) >= 11 is 0. The van der Waals surface area contributed by atoms with Crippen LogP contribution in [0.4, 0.5) is 0 Å². The number of allylic oxidation sites excluding steroid dienone is 16. The van der Waals surface area contributed by atoms with E-state index in [4.69, 9.17) is 23.7 Å². The summed E-state index contributed by atoms with van der Waals surface area (Å²) in [6.07, 6.45) is 59.4. The lowest BCUT2D eigenvalue weighted by atomic mass is 9.98. The van der Waals surface area contributed by atoms with E-state index in [1.54, 1.807) is 0 Å². The number of carbonyl (C=O) groups is 4. The number of unbranched alkanes of at least 4 members (excludes halogenated alkanes) is 22. The zero-order valence-electron chi connectivity index (χ0n) is 49.6. The molecular formula is C67H110O12. The number of hydrogen-bond donors (Lipinski definition) is 3. The maximum absolute atomic E-state index is 13.1. The van der Waals surface area contributed by atoms with Crippen molar-refractivity contribution in [3.8, 4) is 0 Å². The van der Waals surface area contributed by atoms with Gasteiger partial charge in [-0.3, -0.25) is 14.4 Å². The van der Waals surface area contributed by atoms with Gasteiger partial charge < -0.3 is 39.0 Å². The van der Waals surface area contributed by atoms with Crippen molar-refractivity contribution >= 4 is 23.9 Å². The lowest BCUT2D eigenvalue weighted by molar-refractivity contribution is -0.301. The Bertz CT molecular complexity index is 1740. The number of aliphatic hydroxyl groups excluding tert-OH is 2. The molecule has 12 heteroatoms. The van der Waals surface area contributed by atoms with E-state index in [0.717, 1.165) is 154 Å². The third kappa shape index (κ3) is 44.0. The van der Waals surface area contributed by atoms with Gasteiger partial charge in [0.25, 0.3) is 0 Å². The Hall–Kier alpha value is -4.36. The first-order valence-corrected chi connectivity index (χ1v) is 31.2. The fourth-order valence-corrected chi connectivity index (χ4v) is 8.82. The summed E-state index contributed by atoms with van der Waals surface area (Å²) in [4.78, 5) is 51.2. The van der Waals surface area contributed by atoms with E-state index in [1.165, 1.54) is 38.5 Å². The number of aliphatic hydroxyl groups is 2. The van der Waals surface area contributed by atoms with E-state index >= 15 is 0 Å². The number of ether oxygens (including phenoxy) is 5. The Balaban J connectivity index is 2.66. The van der Waals surface area contributed by atoms with E-state index in [1.807, 2.05) is 0 Å². The predicted molar refractivity (Wildman–Crippen MR) is 321 cm³/mol. The molecule has 3 N–H and O–H groups in total. The third-order valence-corrected chi connectivity index (χ3v) is 13.6. The molecule has 0 spiro atoms. The highest BCUT2D eigenvalue weighted by Gasteiger charge is 2.50. The van der Waals surface area contributed by atoms with Gasteiger partial charge in [-0.25, -0.2) is 4.79 Å². The highest BCUT2D eigenvalue weighted by atomic mass is 16.7. The van der Waals surface area contributed by atoms with Crippen LogP contribution in [0.25, 0.3) is 0 Å².